The molecule has 4 amide bonds. The largest absolute Gasteiger partial charge is 0.493 e. The number of halogens is 1. The first-order valence-corrected chi connectivity index (χ1v) is 8.56. The summed E-state index contributed by atoms with van der Waals surface area (Å²) in [6.45, 7) is -0.0879. The third kappa shape index (κ3) is 3.72. The molecule has 3 rings (SSSR count). The van der Waals surface area contributed by atoms with Gasteiger partial charge in [-0.25, -0.2) is 4.79 Å². The first-order valence-electron chi connectivity index (χ1n) is 7.77. The van der Waals surface area contributed by atoms with Gasteiger partial charge in [0.2, 0.25) is 0 Å². The molecule has 140 valence electrons. The first kappa shape index (κ1) is 18.7. The minimum Gasteiger partial charge on any atom is -0.493 e. The third-order valence-electron chi connectivity index (χ3n) is 3.88. The van der Waals surface area contributed by atoms with E-state index < -0.39 is 17.8 Å². The van der Waals surface area contributed by atoms with E-state index in [1.54, 1.807) is 24.3 Å². The molecule has 9 heteroatoms. The van der Waals surface area contributed by atoms with Gasteiger partial charge in [0.05, 0.1) is 27.0 Å². The van der Waals surface area contributed by atoms with E-state index >= 15 is 0 Å². The summed E-state index contributed by atoms with van der Waals surface area (Å²) in [7, 11) is 2.98. The predicted molar refractivity (Wildman–Crippen MR) is 98.0 cm³/mol. The van der Waals surface area contributed by atoms with Crippen molar-refractivity contribution in [2.75, 3.05) is 14.2 Å². The molecule has 0 aliphatic carbocycles. The van der Waals surface area contributed by atoms with Crippen molar-refractivity contribution in [2.24, 2.45) is 0 Å². The van der Waals surface area contributed by atoms with Gasteiger partial charge in [-0.3, -0.25) is 19.8 Å². The minimum atomic E-state index is -0.801. The molecular formula is C18H15BrN2O6. The Labute approximate surface area is 162 Å². The topological polar surface area (TPSA) is 98.1 Å². The molecule has 1 saturated heterocycles. The van der Waals surface area contributed by atoms with Gasteiger partial charge in [-0.1, -0.05) is 15.9 Å². The number of furan rings is 1. The number of carbonyl (C=O) groups excluding carboxylic acids is 3. The number of methoxy groups -OCH3 is 2. The van der Waals surface area contributed by atoms with E-state index in [0.29, 0.717) is 27.3 Å². The first-order chi connectivity index (χ1) is 12.9. The van der Waals surface area contributed by atoms with E-state index in [1.807, 2.05) is 0 Å². The molecule has 1 aliphatic rings. The molecule has 0 radical (unpaired) electrons. The van der Waals surface area contributed by atoms with Gasteiger partial charge in [0.1, 0.15) is 11.3 Å². The van der Waals surface area contributed by atoms with Crippen LogP contribution in [0.2, 0.25) is 0 Å². The van der Waals surface area contributed by atoms with Crippen LogP contribution in [0.1, 0.15) is 11.3 Å². The highest BCUT2D eigenvalue weighted by Crippen LogP contribution is 2.34. The third-order valence-corrected chi connectivity index (χ3v) is 4.57. The smallest absolute Gasteiger partial charge is 0.331 e. The van der Waals surface area contributed by atoms with E-state index in [0.717, 1.165) is 4.90 Å². The lowest BCUT2D eigenvalue weighted by Crippen LogP contribution is -2.53. The predicted octanol–water partition coefficient (Wildman–Crippen LogP) is 2.72. The lowest BCUT2D eigenvalue weighted by atomic mass is 10.1. The number of nitrogens with one attached hydrogen (secondary N) is 1. The Balaban J connectivity index is 1.98. The molecule has 1 aromatic carbocycles. The second kappa shape index (κ2) is 7.67. The van der Waals surface area contributed by atoms with Gasteiger partial charge < -0.3 is 13.9 Å². The van der Waals surface area contributed by atoms with Crippen LogP contribution >= 0.6 is 15.9 Å². The highest BCUT2D eigenvalue weighted by Gasteiger charge is 2.36. The Bertz CT molecular complexity index is 936. The Morgan fingerprint density at radius 3 is 2.52 bits per heavy atom. The number of benzene rings is 1. The molecule has 0 saturated carbocycles. The average Bonchev–Trinajstić information content (AvgIpc) is 3.16. The normalized spacial score (nSPS) is 15.9. The Morgan fingerprint density at radius 1 is 1.19 bits per heavy atom. The van der Waals surface area contributed by atoms with Gasteiger partial charge in [0.15, 0.2) is 11.5 Å². The quantitative estimate of drug-likeness (QED) is 0.573. The standard InChI is InChI=1S/C18H15BrN2O6/c1-25-14-7-10(13(19)8-15(14)26-2)6-12-16(22)20-18(24)21(17(12)23)9-11-4-3-5-27-11/h3-8H,9H2,1-2H3,(H,20,22,24)/b12-6+. The summed E-state index contributed by atoms with van der Waals surface area (Å²) in [5.74, 6) is -0.163. The van der Waals surface area contributed by atoms with Crippen LogP contribution in [0.5, 0.6) is 11.5 Å². The van der Waals surface area contributed by atoms with Crippen molar-refractivity contribution in [3.8, 4) is 11.5 Å². The van der Waals surface area contributed by atoms with Gasteiger partial charge in [-0.05, 0) is 35.9 Å². The Kier molecular flexibility index (Phi) is 5.31. The molecule has 2 aromatic rings. The van der Waals surface area contributed by atoms with E-state index in [-0.39, 0.29) is 12.1 Å². The zero-order valence-corrected chi connectivity index (χ0v) is 16.0. The Morgan fingerprint density at radius 2 is 1.89 bits per heavy atom. The number of nitrogens with zero attached hydrogens (tertiary/aromatic N) is 1. The van der Waals surface area contributed by atoms with Crippen LogP contribution in [0.25, 0.3) is 6.08 Å². The molecule has 1 aliphatic heterocycles. The molecule has 0 spiro atoms. The van der Waals surface area contributed by atoms with Crippen molar-refractivity contribution in [2.45, 2.75) is 6.54 Å². The van der Waals surface area contributed by atoms with Crippen LogP contribution in [0.3, 0.4) is 0 Å². The lowest BCUT2D eigenvalue weighted by molar-refractivity contribution is -0.130. The maximum Gasteiger partial charge on any atom is 0.331 e. The van der Waals surface area contributed by atoms with Gasteiger partial charge in [0.25, 0.3) is 11.8 Å². The minimum absolute atomic E-state index is 0.0879. The highest BCUT2D eigenvalue weighted by atomic mass is 79.9. The van der Waals surface area contributed by atoms with Crippen LogP contribution in [0.4, 0.5) is 4.79 Å². The molecule has 8 nitrogen and oxygen atoms in total. The molecule has 27 heavy (non-hydrogen) atoms. The van der Waals surface area contributed by atoms with Gasteiger partial charge in [-0.2, -0.15) is 0 Å². The summed E-state index contributed by atoms with van der Waals surface area (Å²) >= 11 is 3.37. The summed E-state index contributed by atoms with van der Waals surface area (Å²) in [5, 5.41) is 2.16. The van der Waals surface area contributed by atoms with Crippen LogP contribution in [0.15, 0.2) is 45.0 Å². The number of barbiturate groups is 1. The fraction of sp³-hybridized carbons (Fsp3) is 0.167. The highest BCUT2D eigenvalue weighted by molar-refractivity contribution is 9.10. The molecular weight excluding hydrogens is 420 g/mol. The summed E-state index contributed by atoms with van der Waals surface area (Å²) in [6, 6.07) is 5.74. The van der Waals surface area contributed by atoms with E-state index in [4.69, 9.17) is 13.9 Å². The molecule has 0 bridgehead atoms. The van der Waals surface area contributed by atoms with Crippen molar-refractivity contribution < 1.29 is 28.3 Å². The van der Waals surface area contributed by atoms with Crippen molar-refractivity contribution in [1.29, 1.82) is 0 Å². The average molecular weight is 435 g/mol. The molecule has 1 aromatic heterocycles. The van der Waals surface area contributed by atoms with Crippen LogP contribution in [-0.2, 0) is 16.1 Å². The van der Waals surface area contributed by atoms with E-state index in [9.17, 15) is 14.4 Å². The number of ether oxygens (including phenoxy) is 2. The van der Waals surface area contributed by atoms with Crippen molar-refractivity contribution >= 4 is 39.9 Å². The van der Waals surface area contributed by atoms with Crippen LogP contribution < -0.4 is 14.8 Å². The molecule has 0 unspecified atom stereocenters. The monoisotopic (exact) mass is 434 g/mol. The zero-order valence-electron chi connectivity index (χ0n) is 14.4. The zero-order chi connectivity index (χ0) is 19.6. The molecule has 0 atom stereocenters. The number of carbonyl (C=O) groups is 3. The van der Waals surface area contributed by atoms with Crippen LogP contribution in [-0.4, -0.2) is 37.0 Å². The van der Waals surface area contributed by atoms with Crippen molar-refractivity contribution in [3.63, 3.8) is 0 Å². The molecule has 2 heterocycles. The fourth-order valence-corrected chi connectivity index (χ4v) is 2.97. The second-order valence-corrected chi connectivity index (χ2v) is 6.37. The van der Waals surface area contributed by atoms with E-state index in [1.165, 1.54) is 26.6 Å². The van der Waals surface area contributed by atoms with Crippen molar-refractivity contribution in [3.05, 3.63) is 51.9 Å². The summed E-state index contributed by atoms with van der Waals surface area (Å²) in [5.41, 5.74) is 0.326. The van der Waals surface area contributed by atoms with Gasteiger partial charge in [-0.15, -0.1) is 0 Å². The number of amides is 4. The number of rotatable bonds is 5. The van der Waals surface area contributed by atoms with Gasteiger partial charge in [0, 0.05) is 4.47 Å². The number of hydrogen-bond donors (Lipinski definition) is 1. The second-order valence-electron chi connectivity index (χ2n) is 5.52. The van der Waals surface area contributed by atoms with E-state index in [2.05, 4.69) is 21.2 Å². The lowest BCUT2D eigenvalue weighted by Gasteiger charge is -2.25. The summed E-state index contributed by atoms with van der Waals surface area (Å²) in [6.07, 6.45) is 2.82. The Hall–Kier alpha value is -3.07. The summed E-state index contributed by atoms with van der Waals surface area (Å²) in [4.78, 5) is 37.9. The SMILES string of the molecule is COc1cc(Br)c(/C=C2\C(=O)NC(=O)N(Cc3ccco3)C2=O)cc1OC. The van der Waals surface area contributed by atoms with Crippen LogP contribution in [0, 0.1) is 0 Å². The maximum atomic E-state index is 12.7. The molecule has 1 fully saturated rings. The summed E-state index contributed by atoms with van der Waals surface area (Å²) < 4.78 is 16.2. The van der Waals surface area contributed by atoms with Gasteiger partial charge >= 0.3 is 6.03 Å². The molecule has 1 N–H and O–H groups in total. The fourth-order valence-electron chi connectivity index (χ4n) is 2.53. The van der Waals surface area contributed by atoms with Crippen molar-refractivity contribution in [1.82, 2.24) is 10.2 Å². The number of urea groups is 1. The number of imide groups is 2. The maximum absolute atomic E-state index is 12.7. The number of hydrogen-bond acceptors (Lipinski definition) is 6.